The van der Waals surface area contributed by atoms with Crippen LogP contribution in [0.5, 0.6) is 0 Å². The molecule has 3 rings (SSSR count). The third-order valence-electron chi connectivity index (χ3n) is 3.44. The van der Waals surface area contributed by atoms with Crippen LogP contribution in [0.25, 0.3) is 0 Å². The first-order chi connectivity index (χ1) is 10.3. The Morgan fingerprint density at radius 3 is 2.86 bits per heavy atom. The number of hydrogen-bond acceptors (Lipinski definition) is 3. The fraction of sp³-hybridized carbons (Fsp3) is 0.235. The van der Waals surface area contributed by atoms with Crippen molar-refractivity contribution in [2.75, 3.05) is 11.9 Å². The number of ether oxygens (including phenoxy) is 2. The Balaban J connectivity index is 1.57. The van der Waals surface area contributed by atoms with Crippen LogP contribution in [0.2, 0.25) is 0 Å². The molecule has 2 aromatic rings. The van der Waals surface area contributed by atoms with Crippen LogP contribution in [0.3, 0.4) is 0 Å². The Morgan fingerprint density at radius 1 is 1.14 bits per heavy atom. The van der Waals surface area contributed by atoms with Gasteiger partial charge in [0.1, 0.15) is 6.61 Å². The number of carbonyl (C=O) groups excluding carboxylic acids is 1. The normalized spacial score (nSPS) is 13.3. The summed E-state index contributed by atoms with van der Waals surface area (Å²) >= 11 is 0. The van der Waals surface area contributed by atoms with Gasteiger partial charge < -0.3 is 9.47 Å². The highest BCUT2D eigenvalue weighted by Gasteiger charge is 2.11. The average molecular weight is 283 g/mol. The predicted molar refractivity (Wildman–Crippen MR) is 80.1 cm³/mol. The lowest BCUT2D eigenvalue weighted by Crippen LogP contribution is -2.15. The quantitative estimate of drug-likeness (QED) is 0.937. The van der Waals surface area contributed by atoms with Crippen LogP contribution >= 0.6 is 0 Å². The Morgan fingerprint density at radius 2 is 2.00 bits per heavy atom. The molecule has 0 saturated heterocycles. The van der Waals surface area contributed by atoms with Crippen molar-refractivity contribution in [1.29, 1.82) is 0 Å². The average Bonchev–Trinajstić information content (AvgIpc) is 2.54. The molecule has 1 heterocycles. The highest BCUT2D eigenvalue weighted by molar-refractivity contribution is 5.84. The molecular weight excluding hydrogens is 266 g/mol. The lowest BCUT2D eigenvalue weighted by molar-refractivity contribution is 0.111. The molecule has 2 aromatic carbocycles. The van der Waals surface area contributed by atoms with Crippen LogP contribution in [0.1, 0.15) is 16.7 Å². The van der Waals surface area contributed by atoms with E-state index in [1.807, 2.05) is 48.5 Å². The van der Waals surface area contributed by atoms with Gasteiger partial charge in [0.15, 0.2) is 0 Å². The van der Waals surface area contributed by atoms with E-state index in [2.05, 4.69) is 5.32 Å². The van der Waals surface area contributed by atoms with Gasteiger partial charge in [0.05, 0.1) is 13.2 Å². The van der Waals surface area contributed by atoms with Gasteiger partial charge in [0.25, 0.3) is 0 Å². The van der Waals surface area contributed by atoms with E-state index in [9.17, 15) is 4.79 Å². The SMILES string of the molecule is O=C(Nc1ccc2c(c1)COCC2)OCc1ccccc1. The van der Waals surface area contributed by atoms with Crippen LogP contribution in [0, 0.1) is 0 Å². The summed E-state index contributed by atoms with van der Waals surface area (Å²) in [4.78, 5) is 11.8. The largest absolute Gasteiger partial charge is 0.444 e. The van der Waals surface area contributed by atoms with Crippen molar-refractivity contribution >= 4 is 11.8 Å². The van der Waals surface area contributed by atoms with Crippen molar-refractivity contribution in [1.82, 2.24) is 0 Å². The van der Waals surface area contributed by atoms with Gasteiger partial charge in [-0.15, -0.1) is 0 Å². The number of rotatable bonds is 3. The van der Waals surface area contributed by atoms with Gasteiger partial charge in [-0.25, -0.2) is 4.79 Å². The van der Waals surface area contributed by atoms with Crippen LogP contribution in [-0.4, -0.2) is 12.7 Å². The fourth-order valence-corrected chi connectivity index (χ4v) is 2.32. The molecule has 0 radical (unpaired) electrons. The summed E-state index contributed by atoms with van der Waals surface area (Å²) in [6, 6.07) is 15.5. The standard InChI is InChI=1S/C17H17NO3/c19-17(21-11-13-4-2-1-3-5-13)18-16-7-6-14-8-9-20-12-15(14)10-16/h1-7,10H,8-9,11-12H2,(H,18,19). The molecule has 0 spiro atoms. The Labute approximate surface area is 123 Å². The topological polar surface area (TPSA) is 47.6 Å². The summed E-state index contributed by atoms with van der Waals surface area (Å²) in [7, 11) is 0. The fourth-order valence-electron chi connectivity index (χ4n) is 2.32. The van der Waals surface area contributed by atoms with E-state index in [1.54, 1.807) is 0 Å². The van der Waals surface area contributed by atoms with E-state index >= 15 is 0 Å². The van der Waals surface area contributed by atoms with Crippen molar-refractivity contribution in [2.24, 2.45) is 0 Å². The van der Waals surface area contributed by atoms with Gasteiger partial charge in [0.2, 0.25) is 0 Å². The van der Waals surface area contributed by atoms with E-state index < -0.39 is 6.09 Å². The minimum absolute atomic E-state index is 0.265. The van der Waals surface area contributed by atoms with Crippen LogP contribution in [0.4, 0.5) is 10.5 Å². The third kappa shape index (κ3) is 3.61. The summed E-state index contributed by atoms with van der Waals surface area (Å²) in [6.45, 7) is 1.63. The summed E-state index contributed by atoms with van der Waals surface area (Å²) in [5.41, 5.74) is 4.11. The van der Waals surface area contributed by atoms with Crippen molar-refractivity contribution < 1.29 is 14.3 Å². The minimum atomic E-state index is -0.449. The molecule has 108 valence electrons. The van der Waals surface area contributed by atoms with Crippen LogP contribution < -0.4 is 5.32 Å². The smallest absolute Gasteiger partial charge is 0.411 e. The van der Waals surface area contributed by atoms with Crippen molar-refractivity contribution in [3.05, 3.63) is 65.2 Å². The molecule has 1 N–H and O–H groups in total. The zero-order chi connectivity index (χ0) is 14.5. The second-order valence-electron chi connectivity index (χ2n) is 4.97. The van der Waals surface area contributed by atoms with Gasteiger partial charge in [-0.2, -0.15) is 0 Å². The van der Waals surface area contributed by atoms with Crippen LogP contribution in [-0.2, 0) is 29.1 Å². The van der Waals surface area contributed by atoms with Gasteiger partial charge in [-0.05, 0) is 35.2 Å². The number of carbonyl (C=O) groups is 1. The zero-order valence-corrected chi connectivity index (χ0v) is 11.7. The van der Waals surface area contributed by atoms with E-state index in [1.165, 1.54) is 5.56 Å². The lowest BCUT2D eigenvalue weighted by atomic mass is 10.0. The molecule has 4 nitrogen and oxygen atoms in total. The molecule has 1 aliphatic rings. The summed E-state index contributed by atoms with van der Waals surface area (Å²) in [5.74, 6) is 0. The van der Waals surface area contributed by atoms with Gasteiger partial charge >= 0.3 is 6.09 Å². The first-order valence-corrected chi connectivity index (χ1v) is 6.98. The molecule has 0 unspecified atom stereocenters. The van der Waals surface area contributed by atoms with E-state index in [4.69, 9.17) is 9.47 Å². The maximum Gasteiger partial charge on any atom is 0.411 e. The number of nitrogens with one attached hydrogen (secondary N) is 1. The molecule has 1 aliphatic heterocycles. The molecule has 0 bridgehead atoms. The molecule has 0 atom stereocenters. The first kappa shape index (κ1) is 13.6. The monoisotopic (exact) mass is 283 g/mol. The molecule has 0 aromatic heterocycles. The Bertz CT molecular complexity index is 625. The molecule has 21 heavy (non-hydrogen) atoms. The maximum atomic E-state index is 11.8. The van der Waals surface area contributed by atoms with Gasteiger partial charge in [0, 0.05) is 5.69 Å². The minimum Gasteiger partial charge on any atom is -0.444 e. The number of hydrogen-bond donors (Lipinski definition) is 1. The lowest BCUT2D eigenvalue weighted by Gasteiger charge is -2.17. The maximum absolute atomic E-state index is 11.8. The van der Waals surface area contributed by atoms with Gasteiger partial charge in [-0.3, -0.25) is 5.32 Å². The Hall–Kier alpha value is -2.33. The first-order valence-electron chi connectivity index (χ1n) is 6.98. The molecular formula is C17H17NO3. The van der Waals surface area contributed by atoms with E-state index in [0.29, 0.717) is 6.61 Å². The van der Waals surface area contributed by atoms with Crippen molar-refractivity contribution in [2.45, 2.75) is 19.6 Å². The second kappa shape index (κ2) is 6.41. The summed E-state index contributed by atoms with van der Waals surface area (Å²) < 4.78 is 10.6. The van der Waals surface area contributed by atoms with Gasteiger partial charge in [-0.1, -0.05) is 36.4 Å². The summed E-state index contributed by atoms with van der Waals surface area (Å²) in [6.07, 6.45) is 0.476. The zero-order valence-electron chi connectivity index (χ0n) is 11.7. The third-order valence-corrected chi connectivity index (χ3v) is 3.44. The van der Waals surface area contributed by atoms with Crippen molar-refractivity contribution in [3.8, 4) is 0 Å². The number of benzene rings is 2. The predicted octanol–water partition coefficient (Wildman–Crippen LogP) is 3.51. The highest BCUT2D eigenvalue weighted by Crippen LogP contribution is 2.21. The molecule has 0 fully saturated rings. The van der Waals surface area contributed by atoms with Crippen LogP contribution in [0.15, 0.2) is 48.5 Å². The second-order valence-corrected chi connectivity index (χ2v) is 4.97. The number of fused-ring (bicyclic) bond motifs is 1. The molecule has 0 aliphatic carbocycles. The number of anilines is 1. The Kier molecular flexibility index (Phi) is 4.17. The molecule has 4 heteroatoms. The highest BCUT2D eigenvalue weighted by atomic mass is 16.5. The number of amides is 1. The molecule has 0 saturated carbocycles. The molecule has 1 amide bonds. The van der Waals surface area contributed by atoms with Crippen molar-refractivity contribution in [3.63, 3.8) is 0 Å². The summed E-state index contributed by atoms with van der Waals surface area (Å²) in [5, 5.41) is 2.75. The van der Waals surface area contributed by atoms with E-state index in [0.717, 1.165) is 29.8 Å². The van der Waals surface area contributed by atoms with E-state index in [-0.39, 0.29) is 6.61 Å².